The van der Waals surface area contributed by atoms with Gasteiger partial charge >= 0.3 is 15.2 Å². The minimum atomic E-state index is -4.38. The molecule has 8 heteroatoms. The highest BCUT2D eigenvalue weighted by Crippen LogP contribution is 2.59. The molecule has 0 aliphatic rings. The van der Waals surface area contributed by atoms with Gasteiger partial charge in [0.2, 0.25) is 0 Å². The lowest BCUT2D eigenvalue weighted by Crippen LogP contribution is -2.26. The predicted molar refractivity (Wildman–Crippen MR) is 399 cm³/mol. The van der Waals surface area contributed by atoms with E-state index in [4.69, 9.17) is 18.1 Å². The second kappa shape index (κ2) is 24.6. The third-order valence-electron chi connectivity index (χ3n) is 17.8. The maximum absolute atomic E-state index is 17.1. The van der Waals surface area contributed by atoms with Crippen molar-refractivity contribution in [2.45, 2.75) is 314 Å². The van der Waals surface area contributed by atoms with Crippen LogP contribution >= 0.6 is 15.2 Å². The molecule has 0 aliphatic carbocycles. The van der Waals surface area contributed by atoms with Gasteiger partial charge in [-0.2, -0.15) is 0 Å². The van der Waals surface area contributed by atoms with Crippen molar-refractivity contribution in [1.82, 2.24) is 0 Å². The molecule has 0 fully saturated rings. The van der Waals surface area contributed by atoms with Gasteiger partial charge in [-0.15, -0.1) is 0 Å². The van der Waals surface area contributed by atoms with Gasteiger partial charge in [0.25, 0.3) is 0 Å². The first-order valence-electron chi connectivity index (χ1n) is 33.9. The molecule has 6 aromatic carbocycles. The minimum absolute atomic E-state index is 0.171. The van der Waals surface area contributed by atoms with E-state index in [1.165, 1.54) is 22.3 Å². The molecule has 0 spiro atoms. The summed E-state index contributed by atoms with van der Waals surface area (Å²) >= 11 is 0. The van der Waals surface area contributed by atoms with Crippen LogP contribution in [0.15, 0.2) is 97.1 Å². The molecule has 0 heterocycles. The molecule has 0 atom stereocenters. The van der Waals surface area contributed by atoms with E-state index in [0.717, 1.165) is 55.6 Å². The molecule has 0 unspecified atom stereocenters. The molecule has 0 saturated heterocycles. The third kappa shape index (κ3) is 17.1. The van der Waals surface area contributed by atoms with Crippen LogP contribution in [-0.4, -0.2) is 0 Å². The van der Waals surface area contributed by atoms with Crippen LogP contribution in [0.1, 0.15) is 316 Å². The van der Waals surface area contributed by atoms with E-state index in [1.54, 1.807) is 0 Å². The van der Waals surface area contributed by atoms with Crippen LogP contribution in [-0.2, 0) is 74.1 Å². The summed E-state index contributed by atoms with van der Waals surface area (Å²) in [7, 11) is -8.76. The van der Waals surface area contributed by atoms with Crippen molar-refractivity contribution >= 4 is 25.8 Å². The van der Waals surface area contributed by atoms with Crippen molar-refractivity contribution in [2.24, 2.45) is 0 Å². The molecule has 0 aromatic heterocycles. The van der Waals surface area contributed by atoms with Crippen LogP contribution in [0.2, 0.25) is 0 Å². The topological polar surface area (TPSA) is 71.1 Å². The number of hydrogen-bond acceptors (Lipinski definition) is 6. The molecular weight excluding hydrogens is 1170 g/mol. The van der Waals surface area contributed by atoms with Crippen molar-refractivity contribution in [2.75, 3.05) is 0 Å². The van der Waals surface area contributed by atoms with Gasteiger partial charge in [0.15, 0.2) is 0 Å². The minimum Gasteiger partial charge on any atom is -0.412 e. The van der Waals surface area contributed by atoms with E-state index in [1.807, 2.05) is 48.5 Å². The van der Waals surface area contributed by atoms with Gasteiger partial charge in [-0.1, -0.05) is 322 Å². The van der Waals surface area contributed by atoms with Crippen LogP contribution in [0.5, 0.6) is 23.0 Å². The Labute approximate surface area is 562 Å². The lowest BCUT2D eigenvalue weighted by atomic mass is 9.75. The highest BCUT2D eigenvalue weighted by Gasteiger charge is 2.44. The summed E-state index contributed by atoms with van der Waals surface area (Å²) in [5.74, 6) is 2.33. The van der Waals surface area contributed by atoms with E-state index in [-0.39, 0.29) is 21.7 Å². The molecule has 0 aliphatic heterocycles. The molecule has 0 bridgehead atoms. The molecule has 506 valence electrons. The average molecular weight is 1290 g/mol. The van der Waals surface area contributed by atoms with Crippen LogP contribution in [0.3, 0.4) is 0 Å². The number of benzene rings is 6. The Morgan fingerprint density at radius 1 is 0.207 bits per heavy atom. The summed E-state index contributed by atoms with van der Waals surface area (Å²) in [6.45, 7) is 79.7. The fraction of sp³-hybridized carbons (Fsp3) is 0.571. The summed E-state index contributed by atoms with van der Waals surface area (Å²) in [6.07, 6.45) is 0. The van der Waals surface area contributed by atoms with Gasteiger partial charge in [-0.25, -0.2) is 9.13 Å². The Balaban J connectivity index is 1.67. The van der Waals surface area contributed by atoms with Gasteiger partial charge < -0.3 is 18.1 Å². The first kappa shape index (κ1) is 76.0. The Kier molecular flexibility index (Phi) is 20.3. The van der Waals surface area contributed by atoms with Gasteiger partial charge in [-0.3, -0.25) is 0 Å². The third-order valence-corrected chi connectivity index (χ3v) is 21.4. The maximum Gasteiger partial charge on any atom is 0.462 e. The second-order valence-electron chi connectivity index (χ2n) is 39.1. The normalized spacial score (nSPS) is 14.2. The Morgan fingerprint density at radius 2 is 0.337 bits per heavy atom. The fourth-order valence-electron chi connectivity index (χ4n) is 11.5. The number of rotatable bonds is 11. The monoisotopic (exact) mass is 1290 g/mol. The zero-order valence-electron chi connectivity index (χ0n) is 64.6. The Morgan fingerprint density at radius 3 is 0.446 bits per heavy atom. The standard InChI is InChI=1S/C84H124O6P2/c1-73(2,3)55-45-61(77(13,14)15)69(62(46-55)78(16,17)18)87-91(85,88-70-63(79(19,20)21)47-56(74(4,5)6)48-64(70)80(22,23)24)59-41-37-53(38-42-59)54-39-43-60(44-40-54)92(86,89-71-65(81(25,26)27)49-57(75(7,8)9)50-66(71)82(28,29)30)90-72-67(83(31,32)33)51-58(76(10,11)12)52-68(72)84(34,35)36/h37-52H,1-36H3. The van der Waals surface area contributed by atoms with Crippen molar-refractivity contribution in [3.05, 3.63) is 164 Å². The van der Waals surface area contributed by atoms with Gasteiger partial charge in [0.05, 0.1) is 10.6 Å². The molecule has 0 N–H and O–H groups in total. The van der Waals surface area contributed by atoms with E-state index in [2.05, 4.69) is 298 Å². The van der Waals surface area contributed by atoms with Crippen molar-refractivity contribution in [1.29, 1.82) is 0 Å². The van der Waals surface area contributed by atoms with E-state index in [9.17, 15) is 0 Å². The molecule has 6 nitrogen and oxygen atoms in total. The lowest BCUT2D eigenvalue weighted by molar-refractivity contribution is 0.373. The fourth-order valence-corrected chi connectivity index (χ4v) is 14.8. The summed E-state index contributed by atoms with van der Waals surface area (Å²) < 4.78 is 64.0. The highest BCUT2D eigenvalue weighted by atomic mass is 31.2. The number of hydrogen-bond donors (Lipinski definition) is 0. The van der Waals surface area contributed by atoms with E-state index in [0.29, 0.717) is 33.6 Å². The molecule has 6 aromatic rings. The van der Waals surface area contributed by atoms with E-state index >= 15 is 9.13 Å². The van der Waals surface area contributed by atoms with Crippen LogP contribution < -0.4 is 28.7 Å². The quantitative estimate of drug-likeness (QED) is 0.120. The Hall–Kier alpha value is -5.02. The first-order chi connectivity index (χ1) is 40.9. The average Bonchev–Trinajstić information content (AvgIpc) is 0.763. The lowest BCUT2D eigenvalue weighted by Gasteiger charge is -2.36. The SMILES string of the molecule is CC(C)(C)c1cc(C(C)(C)C)c(OP(=O)(Oc2c(C(C)(C)C)cc(C(C)(C)C)cc2C(C)(C)C)c2ccc(-c3ccc(P(=O)(Oc4c(C(C)(C)C)cc(C(C)(C)C)cc4C(C)(C)C)Oc4c(C(C)(C)C)cc(C(C)(C)C)cc4C(C)(C)C)cc3)cc2)c(C(C)(C)C)c1. The van der Waals surface area contributed by atoms with Crippen LogP contribution in [0.4, 0.5) is 0 Å². The molecule has 0 radical (unpaired) electrons. The van der Waals surface area contributed by atoms with Crippen LogP contribution in [0, 0.1) is 0 Å². The molecule has 92 heavy (non-hydrogen) atoms. The largest absolute Gasteiger partial charge is 0.462 e. The smallest absolute Gasteiger partial charge is 0.412 e. The van der Waals surface area contributed by atoms with E-state index < -0.39 is 58.5 Å². The summed E-state index contributed by atoms with van der Waals surface area (Å²) in [6, 6.07) is 33.6. The second-order valence-corrected chi connectivity index (χ2v) is 42.8. The van der Waals surface area contributed by atoms with Crippen molar-refractivity contribution < 1.29 is 27.2 Å². The summed E-state index contributed by atoms with van der Waals surface area (Å²) in [5, 5.41) is 0.846. The van der Waals surface area contributed by atoms with Gasteiger partial charge in [0.1, 0.15) is 23.0 Å². The Bertz CT molecular complexity index is 3180. The maximum atomic E-state index is 17.1. The highest BCUT2D eigenvalue weighted by molar-refractivity contribution is 7.63. The molecule has 0 saturated carbocycles. The molecule has 6 rings (SSSR count). The zero-order valence-corrected chi connectivity index (χ0v) is 66.4. The first-order valence-corrected chi connectivity index (χ1v) is 37.0. The van der Waals surface area contributed by atoms with Crippen LogP contribution in [0.25, 0.3) is 11.1 Å². The van der Waals surface area contributed by atoms with Gasteiger partial charge in [-0.05, 0) is 123 Å². The predicted octanol–water partition coefficient (Wildman–Crippen LogP) is 24.9. The van der Waals surface area contributed by atoms with Crippen molar-refractivity contribution in [3.63, 3.8) is 0 Å². The summed E-state index contributed by atoms with van der Waals surface area (Å²) in [4.78, 5) is 0. The van der Waals surface area contributed by atoms with Gasteiger partial charge in [0, 0.05) is 44.5 Å². The van der Waals surface area contributed by atoms with Crippen molar-refractivity contribution in [3.8, 4) is 34.1 Å². The summed E-state index contributed by atoms with van der Waals surface area (Å²) in [5.41, 5.74) is 10.3. The zero-order chi connectivity index (χ0) is 70.7. The molecular formula is C84H124O6P2. The molecule has 0 amide bonds.